The summed E-state index contributed by atoms with van der Waals surface area (Å²) in [7, 11) is 0. The van der Waals surface area contributed by atoms with Crippen molar-refractivity contribution < 1.29 is 47.7 Å². The number of hydrogen-bond donors (Lipinski definition) is 1. The molecule has 0 saturated heterocycles. The molecule has 44 valence electrons. The molecule has 0 fully saturated rings. The summed E-state index contributed by atoms with van der Waals surface area (Å²) in [4.78, 5) is 8.81. The molecular formula is C2H5NaO4S. The molecule has 1 unspecified atom stereocenters. The van der Waals surface area contributed by atoms with Gasteiger partial charge in [-0.15, -0.1) is 0 Å². The van der Waals surface area contributed by atoms with Crippen LogP contribution in [0.15, 0.2) is 0 Å². The Morgan fingerprint density at radius 2 is 1.75 bits per heavy atom. The van der Waals surface area contributed by atoms with Gasteiger partial charge in [0.15, 0.2) is 0 Å². The molecule has 0 aromatic heterocycles. The van der Waals surface area contributed by atoms with E-state index >= 15 is 0 Å². The molecule has 4 nitrogen and oxygen atoms in total. The van der Waals surface area contributed by atoms with Gasteiger partial charge in [0.2, 0.25) is 0 Å². The third-order valence-electron chi connectivity index (χ3n) is 0. The molecule has 6 heteroatoms. The minimum Gasteiger partial charge on any atom is -0.750 e. The van der Waals surface area contributed by atoms with E-state index in [1.807, 2.05) is 0 Å². The molecule has 1 N–H and O–H groups in total. The SMILES string of the molecule is CC=O.O=S([O-])O.[Na+]. The van der Waals surface area contributed by atoms with E-state index in [1.165, 1.54) is 6.92 Å². The smallest absolute Gasteiger partial charge is 0.750 e. The number of aldehydes is 1. The summed E-state index contributed by atoms with van der Waals surface area (Å²) in [5.74, 6) is 0. The van der Waals surface area contributed by atoms with Crippen molar-refractivity contribution >= 4 is 17.6 Å². The van der Waals surface area contributed by atoms with E-state index in [2.05, 4.69) is 0 Å². The van der Waals surface area contributed by atoms with Gasteiger partial charge in [0.1, 0.15) is 6.29 Å². The van der Waals surface area contributed by atoms with Gasteiger partial charge in [0.05, 0.1) is 11.4 Å². The molecule has 0 aliphatic carbocycles. The van der Waals surface area contributed by atoms with Crippen LogP contribution in [0.4, 0.5) is 0 Å². The number of carbonyl (C=O) groups is 1. The molecule has 0 aliphatic rings. The molecule has 0 rings (SSSR count). The van der Waals surface area contributed by atoms with Gasteiger partial charge in [-0.25, -0.2) is 4.21 Å². The summed E-state index contributed by atoms with van der Waals surface area (Å²) in [6, 6.07) is 0. The Morgan fingerprint density at radius 3 is 1.75 bits per heavy atom. The first kappa shape index (κ1) is 15.9. The summed E-state index contributed by atoms with van der Waals surface area (Å²) in [5, 5.41) is 0. The summed E-state index contributed by atoms with van der Waals surface area (Å²) in [6.07, 6.45) is 0.750. The molecule has 0 heterocycles. The third kappa shape index (κ3) is 406. The third-order valence-corrected chi connectivity index (χ3v) is 0. The maximum atomic E-state index is 8.81. The Bertz CT molecular complexity index is 61.1. The van der Waals surface area contributed by atoms with E-state index in [9.17, 15) is 0 Å². The minimum absolute atomic E-state index is 0. The van der Waals surface area contributed by atoms with E-state index in [4.69, 9.17) is 18.1 Å². The Morgan fingerprint density at radius 1 is 1.75 bits per heavy atom. The number of hydrogen-bond acceptors (Lipinski definition) is 3. The number of carbonyl (C=O) groups excluding carboxylic acids is 1. The van der Waals surface area contributed by atoms with Gasteiger partial charge in [-0.2, -0.15) is 0 Å². The molecular weight excluding hydrogens is 143 g/mol. The van der Waals surface area contributed by atoms with E-state index < -0.39 is 11.4 Å². The quantitative estimate of drug-likeness (QED) is 0.220. The van der Waals surface area contributed by atoms with Crippen LogP contribution in [0.1, 0.15) is 6.92 Å². The molecule has 0 aliphatic heterocycles. The second-order valence-corrected chi connectivity index (χ2v) is 0.887. The Balaban J connectivity index is -0.0000000575. The van der Waals surface area contributed by atoms with Gasteiger partial charge in [-0.05, 0) is 6.92 Å². The normalized spacial score (nSPS) is 9.38. The molecule has 0 aromatic rings. The zero-order chi connectivity index (χ0) is 6.28. The maximum Gasteiger partial charge on any atom is 1.00 e. The van der Waals surface area contributed by atoms with Crippen molar-refractivity contribution in [2.24, 2.45) is 0 Å². The largest absolute Gasteiger partial charge is 1.00 e. The zero-order valence-corrected chi connectivity index (χ0v) is 7.47. The second kappa shape index (κ2) is 15.6. The van der Waals surface area contributed by atoms with Crippen molar-refractivity contribution in [3.8, 4) is 0 Å². The van der Waals surface area contributed by atoms with Gasteiger partial charge >= 0.3 is 29.6 Å². The minimum atomic E-state index is -2.86. The monoisotopic (exact) mass is 148 g/mol. The van der Waals surface area contributed by atoms with Crippen LogP contribution in [-0.2, 0) is 16.2 Å². The van der Waals surface area contributed by atoms with E-state index in [-0.39, 0.29) is 29.6 Å². The van der Waals surface area contributed by atoms with Crippen LogP contribution in [0.3, 0.4) is 0 Å². The van der Waals surface area contributed by atoms with Crippen LogP contribution in [0, 0.1) is 0 Å². The second-order valence-electron chi connectivity index (χ2n) is 0.453. The van der Waals surface area contributed by atoms with Crippen LogP contribution in [-0.4, -0.2) is 19.6 Å². The Hall–Kier alpha value is 0.740. The Kier molecular flexibility index (Phi) is 31.1. The van der Waals surface area contributed by atoms with Crippen molar-refractivity contribution in [2.75, 3.05) is 0 Å². The predicted molar refractivity (Wildman–Crippen MR) is 23.3 cm³/mol. The van der Waals surface area contributed by atoms with Gasteiger partial charge < -0.3 is 13.9 Å². The van der Waals surface area contributed by atoms with Gasteiger partial charge in [0, 0.05) is 0 Å². The van der Waals surface area contributed by atoms with E-state index in [0.717, 1.165) is 6.29 Å². The van der Waals surface area contributed by atoms with Crippen LogP contribution in [0.2, 0.25) is 0 Å². The summed E-state index contributed by atoms with van der Waals surface area (Å²) in [5.41, 5.74) is 0. The van der Waals surface area contributed by atoms with E-state index in [0.29, 0.717) is 0 Å². The topological polar surface area (TPSA) is 77.4 Å². The van der Waals surface area contributed by atoms with Crippen LogP contribution in [0.25, 0.3) is 0 Å². The molecule has 0 radical (unpaired) electrons. The average molecular weight is 148 g/mol. The average Bonchev–Trinajstić information content (AvgIpc) is 1.33. The summed E-state index contributed by atoms with van der Waals surface area (Å²) >= 11 is -2.86. The molecule has 0 saturated carbocycles. The fourth-order valence-electron chi connectivity index (χ4n) is 0. The fraction of sp³-hybridized carbons (Fsp3) is 0.500. The van der Waals surface area contributed by atoms with Crippen LogP contribution >= 0.6 is 0 Å². The standard InChI is InChI=1S/C2H4O.Na.H2O3S/c1-2-3;;1-4(2)3/h2H,1H3;;(H2,1,2,3)/q;+1;/p-1. The van der Waals surface area contributed by atoms with Crippen LogP contribution < -0.4 is 29.6 Å². The van der Waals surface area contributed by atoms with Gasteiger partial charge in [-0.1, -0.05) is 0 Å². The summed E-state index contributed by atoms with van der Waals surface area (Å²) < 4.78 is 24.1. The first-order chi connectivity index (χ1) is 3.15. The van der Waals surface area contributed by atoms with Crippen molar-refractivity contribution in [3.05, 3.63) is 0 Å². The molecule has 0 aromatic carbocycles. The number of rotatable bonds is 0. The van der Waals surface area contributed by atoms with Crippen molar-refractivity contribution in [2.45, 2.75) is 6.92 Å². The first-order valence-corrected chi connectivity index (χ1v) is 2.36. The van der Waals surface area contributed by atoms with Crippen molar-refractivity contribution in [1.29, 1.82) is 0 Å². The van der Waals surface area contributed by atoms with E-state index in [1.54, 1.807) is 0 Å². The van der Waals surface area contributed by atoms with Crippen molar-refractivity contribution in [3.63, 3.8) is 0 Å². The first-order valence-electron chi connectivity index (χ1n) is 1.33. The molecule has 1 atom stereocenters. The Labute approximate surface area is 72.1 Å². The fourth-order valence-corrected chi connectivity index (χ4v) is 0. The van der Waals surface area contributed by atoms with Crippen molar-refractivity contribution in [1.82, 2.24) is 0 Å². The maximum absolute atomic E-state index is 8.81. The molecule has 8 heavy (non-hydrogen) atoms. The summed E-state index contributed by atoms with van der Waals surface area (Å²) in [6.45, 7) is 1.44. The molecule has 0 bridgehead atoms. The van der Waals surface area contributed by atoms with Crippen LogP contribution in [0.5, 0.6) is 0 Å². The van der Waals surface area contributed by atoms with Gasteiger partial charge in [-0.3, -0.25) is 0 Å². The zero-order valence-electron chi connectivity index (χ0n) is 4.66. The predicted octanol–water partition coefficient (Wildman–Crippen LogP) is -3.45. The molecule has 0 amide bonds. The van der Waals surface area contributed by atoms with Gasteiger partial charge in [0.25, 0.3) is 0 Å². The molecule has 0 spiro atoms.